The van der Waals surface area contributed by atoms with Gasteiger partial charge in [-0.3, -0.25) is 0 Å². The summed E-state index contributed by atoms with van der Waals surface area (Å²) in [4.78, 5) is 0. The summed E-state index contributed by atoms with van der Waals surface area (Å²) in [6, 6.07) is 0.606. The zero-order valence-electron chi connectivity index (χ0n) is 5.39. The monoisotopic (exact) mass is 112 g/mol. The normalized spacial score (nSPS) is 28.5. The van der Waals surface area contributed by atoms with Gasteiger partial charge >= 0.3 is 0 Å². The van der Waals surface area contributed by atoms with Gasteiger partial charge in [-0.2, -0.15) is 0 Å². The van der Waals surface area contributed by atoms with Gasteiger partial charge in [0.05, 0.1) is 0 Å². The Labute approximate surface area is 50.1 Å². The van der Waals surface area contributed by atoms with Crippen molar-refractivity contribution < 1.29 is 0 Å². The van der Waals surface area contributed by atoms with Crippen molar-refractivity contribution in [3.05, 3.63) is 12.3 Å². The number of hydrazine groups is 1. The van der Waals surface area contributed by atoms with Crippen LogP contribution in [0.1, 0.15) is 13.3 Å². The number of nitrogens with zero attached hydrogens (tertiary/aromatic N) is 1. The molecule has 1 N–H and O–H groups in total. The van der Waals surface area contributed by atoms with E-state index in [1.54, 1.807) is 0 Å². The third-order valence-corrected chi connectivity index (χ3v) is 1.51. The summed E-state index contributed by atoms with van der Waals surface area (Å²) in [6.07, 6.45) is 5.33. The molecular formula is C6H12N2. The van der Waals surface area contributed by atoms with Crippen LogP contribution < -0.4 is 5.43 Å². The minimum Gasteiger partial charge on any atom is -0.326 e. The van der Waals surface area contributed by atoms with Crippen molar-refractivity contribution in [3.8, 4) is 0 Å². The summed E-state index contributed by atoms with van der Waals surface area (Å²) in [7, 11) is 2.05. The molecule has 1 heterocycles. The highest BCUT2D eigenvalue weighted by Crippen LogP contribution is 2.04. The molecule has 0 aromatic carbocycles. The lowest BCUT2D eigenvalue weighted by Crippen LogP contribution is -2.32. The summed E-state index contributed by atoms with van der Waals surface area (Å²) in [6.45, 7) is 2.18. The highest BCUT2D eigenvalue weighted by atomic mass is 15.5. The lowest BCUT2D eigenvalue weighted by atomic mass is 10.2. The molecule has 1 aliphatic rings. The van der Waals surface area contributed by atoms with Crippen LogP contribution in [0, 0.1) is 0 Å². The summed E-state index contributed by atoms with van der Waals surface area (Å²) >= 11 is 0. The molecule has 0 spiro atoms. The van der Waals surface area contributed by atoms with Crippen molar-refractivity contribution in [2.45, 2.75) is 19.4 Å². The molecule has 46 valence electrons. The molecule has 0 saturated carbocycles. The molecule has 2 heteroatoms. The van der Waals surface area contributed by atoms with Gasteiger partial charge in [0, 0.05) is 19.3 Å². The van der Waals surface area contributed by atoms with E-state index in [2.05, 4.69) is 23.4 Å². The van der Waals surface area contributed by atoms with Crippen molar-refractivity contribution in [2.75, 3.05) is 7.05 Å². The lowest BCUT2D eigenvalue weighted by Gasteiger charge is -2.16. The molecule has 2 nitrogen and oxygen atoms in total. The fourth-order valence-corrected chi connectivity index (χ4v) is 0.906. The minimum atomic E-state index is 0.606. The summed E-state index contributed by atoms with van der Waals surface area (Å²) < 4.78 is 0. The Bertz CT molecular complexity index is 98.7. The van der Waals surface area contributed by atoms with Crippen LogP contribution in [0.5, 0.6) is 0 Å². The average molecular weight is 112 g/mol. The van der Waals surface area contributed by atoms with Crippen LogP contribution in [0.25, 0.3) is 0 Å². The highest BCUT2D eigenvalue weighted by Gasteiger charge is 2.10. The van der Waals surface area contributed by atoms with Crippen LogP contribution in [0.15, 0.2) is 12.3 Å². The van der Waals surface area contributed by atoms with Gasteiger partial charge in [0.15, 0.2) is 0 Å². The molecule has 0 saturated heterocycles. The average Bonchev–Trinajstić information content (AvgIpc) is 2.14. The molecule has 1 atom stereocenters. The van der Waals surface area contributed by atoms with E-state index in [1.165, 1.54) is 6.42 Å². The third-order valence-electron chi connectivity index (χ3n) is 1.51. The Hall–Kier alpha value is -0.500. The Morgan fingerprint density at radius 3 is 2.75 bits per heavy atom. The second-order valence-corrected chi connectivity index (χ2v) is 2.07. The zero-order valence-corrected chi connectivity index (χ0v) is 5.39. The van der Waals surface area contributed by atoms with Crippen molar-refractivity contribution >= 4 is 0 Å². The van der Waals surface area contributed by atoms with Crippen molar-refractivity contribution in [2.24, 2.45) is 0 Å². The summed E-state index contributed by atoms with van der Waals surface area (Å²) in [5.74, 6) is 0. The number of rotatable bonds is 1. The van der Waals surface area contributed by atoms with E-state index in [1.807, 2.05) is 13.2 Å². The predicted octanol–water partition coefficient (Wildman–Crippen LogP) is 0.729. The molecule has 8 heavy (non-hydrogen) atoms. The van der Waals surface area contributed by atoms with E-state index in [0.717, 1.165) is 0 Å². The second-order valence-electron chi connectivity index (χ2n) is 2.07. The number of likely N-dealkylation sites (N-methyl/N-ethyl adjacent to an activating group) is 1. The topological polar surface area (TPSA) is 15.3 Å². The maximum absolute atomic E-state index is 3.07. The molecule has 0 fully saturated rings. The van der Waals surface area contributed by atoms with Crippen LogP contribution in [-0.2, 0) is 0 Å². The van der Waals surface area contributed by atoms with Crippen LogP contribution in [-0.4, -0.2) is 18.1 Å². The SMILES string of the molecule is CCC1C=CNN1C. The first-order valence-corrected chi connectivity index (χ1v) is 3.00. The Morgan fingerprint density at radius 1 is 1.75 bits per heavy atom. The quantitative estimate of drug-likeness (QED) is 0.538. The van der Waals surface area contributed by atoms with E-state index in [-0.39, 0.29) is 0 Å². The molecule has 1 aliphatic heterocycles. The number of hydrogen-bond donors (Lipinski definition) is 1. The van der Waals surface area contributed by atoms with Crippen molar-refractivity contribution in [1.82, 2.24) is 10.4 Å². The fraction of sp³-hybridized carbons (Fsp3) is 0.667. The smallest absolute Gasteiger partial charge is 0.0482 e. The maximum Gasteiger partial charge on any atom is 0.0482 e. The van der Waals surface area contributed by atoms with Gasteiger partial charge in [-0.15, -0.1) is 0 Å². The molecule has 0 radical (unpaired) electrons. The van der Waals surface area contributed by atoms with Crippen LogP contribution in [0.3, 0.4) is 0 Å². The predicted molar refractivity (Wildman–Crippen MR) is 34.1 cm³/mol. The summed E-state index contributed by atoms with van der Waals surface area (Å²) in [5, 5.41) is 2.10. The Morgan fingerprint density at radius 2 is 2.50 bits per heavy atom. The molecule has 0 bridgehead atoms. The van der Waals surface area contributed by atoms with Gasteiger partial charge in [-0.25, -0.2) is 5.01 Å². The first kappa shape index (κ1) is 5.63. The fourth-order valence-electron chi connectivity index (χ4n) is 0.906. The minimum absolute atomic E-state index is 0.606. The van der Waals surface area contributed by atoms with Crippen LogP contribution >= 0.6 is 0 Å². The Balaban J connectivity index is 2.41. The third kappa shape index (κ3) is 0.842. The molecule has 1 unspecified atom stereocenters. The standard InChI is InChI=1S/C6H12N2/c1-3-6-4-5-7-8(6)2/h4-7H,3H2,1-2H3. The van der Waals surface area contributed by atoms with E-state index < -0.39 is 0 Å². The van der Waals surface area contributed by atoms with E-state index in [4.69, 9.17) is 0 Å². The first-order chi connectivity index (χ1) is 3.84. The number of hydrogen-bond acceptors (Lipinski definition) is 2. The molecule has 0 aliphatic carbocycles. The van der Waals surface area contributed by atoms with Gasteiger partial charge in [0.25, 0.3) is 0 Å². The largest absolute Gasteiger partial charge is 0.326 e. The zero-order chi connectivity index (χ0) is 5.98. The number of nitrogens with one attached hydrogen (secondary N) is 1. The summed E-state index contributed by atoms with van der Waals surface area (Å²) in [5.41, 5.74) is 3.07. The van der Waals surface area contributed by atoms with E-state index in [9.17, 15) is 0 Å². The molecular weight excluding hydrogens is 100 g/mol. The molecule has 0 aromatic rings. The van der Waals surface area contributed by atoms with Crippen LogP contribution in [0.2, 0.25) is 0 Å². The van der Waals surface area contributed by atoms with Gasteiger partial charge in [-0.05, 0) is 12.5 Å². The van der Waals surface area contributed by atoms with Gasteiger partial charge < -0.3 is 5.43 Å². The lowest BCUT2D eigenvalue weighted by molar-refractivity contribution is 0.248. The van der Waals surface area contributed by atoms with Gasteiger partial charge in [-0.1, -0.05) is 6.92 Å². The van der Waals surface area contributed by atoms with Crippen LogP contribution in [0.4, 0.5) is 0 Å². The molecule has 1 rings (SSSR count). The molecule has 0 aromatic heterocycles. The van der Waals surface area contributed by atoms with Crippen molar-refractivity contribution in [1.29, 1.82) is 0 Å². The van der Waals surface area contributed by atoms with Crippen molar-refractivity contribution in [3.63, 3.8) is 0 Å². The van der Waals surface area contributed by atoms with Gasteiger partial charge in [0.1, 0.15) is 0 Å². The first-order valence-electron chi connectivity index (χ1n) is 3.00. The second kappa shape index (κ2) is 2.18. The van der Waals surface area contributed by atoms with Gasteiger partial charge in [0.2, 0.25) is 0 Å². The maximum atomic E-state index is 3.07. The van der Waals surface area contributed by atoms with E-state index >= 15 is 0 Å². The van der Waals surface area contributed by atoms with E-state index in [0.29, 0.717) is 6.04 Å². The molecule has 0 amide bonds. The Kier molecular flexibility index (Phi) is 1.53. The highest BCUT2D eigenvalue weighted by molar-refractivity contribution is 4.96.